The number of rotatable bonds is 2. The minimum Gasteiger partial charge on any atom is -0.854 e. The van der Waals surface area contributed by atoms with E-state index in [9.17, 15) is 15.3 Å². The van der Waals surface area contributed by atoms with Crippen LogP contribution in [0, 0.1) is 0 Å². The van der Waals surface area contributed by atoms with E-state index in [1.54, 1.807) is 17.8 Å². The Kier molecular flexibility index (Phi) is 3.29. The Balaban J connectivity index is 2.00. The maximum atomic E-state index is 11.9. The van der Waals surface area contributed by atoms with Crippen LogP contribution < -0.4 is 10.8 Å². The lowest BCUT2D eigenvalue weighted by atomic mass is 9.95. The van der Waals surface area contributed by atoms with Gasteiger partial charge in [0, 0.05) is 0 Å². The Morgan fingerprint density at radius 3 is 2.71 bits per heavy atom. The van der Waals surface area contributed by atoms with E-state index in [-0.39, 0.29) is 11.6 Å². The molecule has 0 aliphatic carbocycles. The molecule has 0 aromatic carbocycles. The Morgan fingerprint density at radius 1 is 1.38 bits per heavy atom. The zero-order valence-electron chi connectivity index (χ0n) is 11.2. The van der Waals surface area contributed by atoms with Crippen LogP contribution in [0.3, 0.4) is 0 Å². The Bertz CT molecular complexity index is 608. The van der Waals surface area contributed by atoms with Crippen molar-refractivity contribution in [3.63, 3.8) is 0 Å². The van der Waals surface area contributed by atoms with E-state index in [0.29, 0.717) is 5.69 Å². The summed E-state index contributed by atoms with van der Waals surface area (Å²) in [5.74, 6) is -1.21. The molecule has 1 aromatic heterocycles. The topological polar surface area (TPSA) is 148 Å². The van der Waals surface area contributed by atoms with Crippen molar-refractivity contribution in [3.05, 3.63) is 5.69 Å². The number of anilines is 1. The Morgan fingerprint density at radius 2 is 2.10 bits per heavy atom. The fourth-order valence-corrected chi connectivity index (χ4v) is 2.88. The predicted molar refractivity (Wildman–Crippen MR) is 68.3 cm³/mol. The number of nitrogens with two attached hydrogens (primary N) is 1. The second-order valence-corrected chi connectivity index (χ2v) is 5.21. The van der Waals surface area contributed by atoms with E-state index in [2.05, 4.69) is 9.97 Å². The van der Waals surface area contributed by atoms with Gasteiger partial charge in [0.15, 0.2) is 6.21 Å². The lowest BCUT2D eigenvalue weighted by molar-refractivity contribution is -0.410. The van der Waals surface area contributed by atoms with Crippen molar-refractivity contribution in [2.24, 2.45) is 0 Å². The maximum Gasteiger partial charge on any atom is 0.238 e. The van der Waals surface area contributed by atoms with E-state index in [0.717, 1.165) is 0 Å². The van der Waals surface area contributed by atoms with Gasteiger partial charge in [-0.2, -0.15) is 0 Å². The largest absolute Gasteiger partial charge is 0.854 e. The number of aliphatic hydroxyl groups is 3. The van der Waals surface area contributed by atoms with Crippen LogP contribution in [0.25, 0.3) is 0 Å². The molecule has 2 unspecified atom stereocenters. The molecule has 1 saturated heterocycles. The third kappa shape index (κ3) is 2.05. The van der Waals surface area contributed by atoms with Crippen molar-refractivity contribution in [1.29, 1.82) is 0 Å². The van der Waals surface area contributed by atoms with Gasteiger partial charge in [-0.15, -0.1) is 0 Å². The molecule has 21 heavy (non-hydrogen) atoms. The first-order valence-electron chi connectivity index (χ1n) is 6.48. The summed E-state index contributed by atoms with van der Waals surface area (Å²) >= 11 is 0. The van der Waals surface area contributed by atoms with Crippen molar-refractivity contribution in [3.8, 4) is 5.88 Å². The number of nitrogen functional groups attached to an aromatic ring is 1. The molecule has 0 amide bonds. The lowest BCUT2D eigenvalue weighted by Gasteiger charge is -2.18. The summed E-state index contributed by atoms with van der Waals surface area (Å²) in [6, 6.07) is 0. The fourth-order valence-electron chi connectivity index (χ4n) is 2.88. The Hall–Kier alpha value is -1.81. The highest BCUT2D eigenvalue weighted by Crippen LogP contribution is 2.40. The van der Waals surface area contributed by atoms with Gasteiger partial charge in [0.05, 0.1) is 12.5 Å². The fraction of sp³-hybridized carbons (Fsp3) is 0.583. The highest BCUT2D eigenvalue weighted by molar-refractivity contribution is 5.74. The zero-order chi connectivity index (χ0) is 15.3. The monoisotopic (exact) mass is 296 g/mol. The molecule has 0 saturated carbocycles. The SMILES string of the molecule is C[N+]1=CC([C@@H]2O[C@H](CO)[C@H](O)C2O)c2nc(N)nc([O-])c21. The molecule has 1 fully saturated rings. The van der Waals surface area contributed by atoms with Gasteiger partial charge in [0.1, 0.15) is 43.1 Å². The van der Waals surface area contributed by atoms with Gasteiger partial charge >= 0.3 is 0 Å². The normalized spacial score (nSPS) is 34.9. The molecule has 114 valence electrons. The second kappa shape index (κ2) is 4.88. The third-order valence-corrected chi connectivity index (χ3v) is 3.88. The first-order chi connectivity index (χ1) is 9.93. The van der Waals surface area contributed by atoms with E-state index < -0.39 is 42.8 Å². The predicted octanol–water partition coefficient (Wildman–Crippen LogP) is -2.94. The highest BCUT2D eigenvalue weighted by atomic mass is 16.6. The Labute approximate surface area is 120 Å². The summed E-state index contributed by atoms with van der Waals surface area (Å²) in [5, 5.41) is 40.9. The lowest BCUT2D eigenvalue weighted by Crippen LogP contribution is -2.36. The molecule has 1 aromatic rings. The van der Waals surface area contributed by atoms with Gasteiger partial charge in [-0.3, -0.25) is 0 Å². The molecule has 0 radical (unpaired) electrons. The van der Waals surface area contributed by atoms with Crippen LogP contribution in [0.4, 0.5) is 11.6 Å². The van der Waals surface area contributed by atoms with Crippen LogP contribution in [0.5, 0.6) is 5.88 Å². The summed E-state index contributed by atoms with van der Waals surface area (Å²) in [6.45, 7) is -0.414. The van der Waals surface area contributed by atoms with Crippen molar-refractivity contribution in [1.82, 2.24) is 9.97 Å². The van der Waals surface area contributed by atoms with Crippen LogP contribution in [0.2, 0.25) is 0 Å². The first-order valence-corrected chi connectivity index (χ1v) is 6.48. The number of fused-ring (bicyclic) bond motifs is 1. The molecule has 5 atom stereocenters. The minimum absolute atomic E-state index is 0.154. The zero-order valence-corrected chi connectivity index (χ0v) is 11.2. The van der Waals surface area contributed by atoms with E-state index in [1.165, 1.54) is 0 Å². The smallest absolute Gasteiger partial charge is 0.238 e. The standard InChI is InChI=1S/C12H16N4O5/c1-16-2-4(6-7(16)11(20)15-12(13)14-6)10-9(19)8(18)5(3-17)21-10/h2,4-5,8-10,17-19H,3H2,1H3,(H2-,13,14,15,20)/t4?,5-,8+,9?,10+/m1/s1. The first kappa shape index (κ1) is 14.1. The average Bonchev–Trinajstić information content (AvgIpc) is 2.89. The molecule has 2 aliphatic rings. The summed E-state index contributed by atoms with van der Waals surface area (Å²) in [7, 11) is 1.65. The van der Waals surface area contributed by atoms with Crippen molar-refractivity contribution in [2.75, 3.05) is 19.4 Å². The minimum atomic E-state index is -1.20. The second-order valence-electron chi connectivity index (χ2n) is 5.21. The van der Waals surface area contributed by atoms with Gasteiger partial charge in [-0.25, -0.2) is 14.5 Å². The molecule has 9 heteroatoms. The molecule has 9 nitrogen and oxygen atoms in total. The third-order valence-electron chi connectivity index (χ3n) is 3.88. The van der Waals surface area contributed by atoms with Crippen LogP contribution in [0.15, 0.2) is 0 Å². The molecule has 5 N–H and O–H groups in total. The van der Waals surface area contributed by atoms with E-state index in [4.69, 9.17) is 15.6 Å². The highest BCUT2D eigenvalue weighted by Gasteiger charge is 2.50. The summed E-state index contributed by atoms with van der Waals surface area (Å²) in [5.41, 5.74) is 6.13. The number of hydrogen-bond acceptors (Lipinski definition) is 8. The number of aromatic nitrogens is 2. The summed E-state index contributed by atoms with van der Waals surface area (Å²) in [6.07, 6.45) is -2.45. The van der Waals surface area contributed by atoms with Crippen LogP contribution >= 0.6 is 0 Å². The maximum absolute atomic E-state index is 11.9. The van der Waals surface area contributed by atoms with E-state index >= 15 is 0 Å². The van der Waals surface area contributed by atoms with Crippen LogP contribution in [0.1, 0.15) is 11.6 Å². The number of hydrogen-bond donors (Lipinski definition) is 4. The van der Waals surface area contributed by atoms with Crippen molar-refractivity contribution < 1.29 is 29.7 Å². The van der Waals surface area contributed by atoms with Crippen molar-refractivity contribution >= 4 is 17.9 Å². The number of ether oxygens (including phenoxy) is 1. The quantitative estimate of drug-likeness (QED) is 0.423. The van der Waals surface area contributed by atoms with E-state index in [1.807, 2.05) is 0 Å². The number of aliphatic hydroxyl groups excluding tert-OH is 3. The van der Waals surface area contributed by atoms with Crippen molar-refractivity contribution in [2.45, 2.75) is 30.3 Å². The summed E-state index contributed by atoms with van der Waals surface area (Å²) < 4.78 is 7.04. The summed E-state index contributed by atoms with van der Waals surface area (Å²) in [4.78, 5) is 7.64. The van der Waals surface area contributed by atoms with Gasteiger partial charge in [0.25, 0.3) is 0 Å². The molecule has 3 heterocycles. The average molecular weight is 296 g/mol. The van der Waals surface area contributed by atoms with Gasteiger partial charge in [-0.05, 0) is 0 Å². The van der Waals surface area contributed by atoms with Gasteiger partial charge < -0.3 is 30.9 Å². The van der Waals surface area contributed by atoms with Crippen LogP contribution in [-0.4, -0.2) is 74.1 Å². The molecule has 0 spiro atoms. The number of nitrogens with zero attached hydrogens (tertiary/aromatic N) is 3. The van der Waals surface area contributed by atoms with Gasteiger partial charge in [-0.1, -0.05) is 0 Å². The molecule has 3 rings (SSSR count). The molecular formula is C12H16N4O5. The van der Waals surface area contributed by atoms with Crippen LogP contribution in [-0.2, 0) is 4.74 Å². The molecule has 2 aliphatic heterocycles. The molecular weight excluding hydrogens is 280 g/mol. The molecule has 0 bridgehead atoms. The van der Waals surface area contributed by atoms with Gasteiger partial charge in [0.2, 0.25) is 11.6 Å².